The number of carboxylic acids is 1. The summed E-state index contributed by atoms with van der Waals surface area (Å²) in [6.07, 6.45) is 0.989. The van der Waals surface area contributed by atoms with Crippen LogP contribution in [0.5, 0.6) is 0 Å². The van der Waals surface area contributed by atoms with Crippen LogP contribution in [0.4, 0.5) is 0 Å². The zero-order valence-corrected chi connectivity index (χ0v) is 9.27. The molecule has 0 aliphatic carbocycles. The largest absolute Gasteiger partial charge is 0.481 e. The minimum atomic E-state index is -0.757. The molecule has 0 aliphatic rings. The second-order valence-corrected chi connectivity index (χ2v) is 4.78. The summed E-state index contributed by atoms with van der Waals surface area (Å²) in [6.45, 7) is 10.2. The molecule has 0 aliphatic heterocycles. The third-order valence-corrected chi connectivity index (χ3v) is 2.47. The molecule has 0 radical (unpaired) electrons. The molecule has 0 spiro atoms. The Morgan fingerprint density at radius 2 is 1.77 bits per heavy atom. The van der Waals surface area contributed by atoms with E-state index in [1.54, 1.807) is 13.8 Å². The third-order valence-electron chi connectivity index (χ3n) is 2.47. The summed E-state index contributed by atoms with van der Waals surface area (Å²) in [6, 6.07) is 0. The Bertz CT molecular complexity index is 185. The van der Waals surface area contributed by atoms with Gasteiger partial charge in [-0.05, 0) is 34.1 Å². The van der Waals surface area contributed by atoms with Crippen LogP contribution < -0.4 is 5.32 Å². The lowest BCUT2D eigenvalue weighted by atomic mass is 9.91. The van der Waals surface area contributed by atoms with E-state index in [1.807, 2.05) is 0 Å². The van der Waals surface area contributed by atoms with Gasteiger partial charge in [-0.2, -0.15) is 0 Å². The first-order valence-electron chi connectivity index (χ1n) is 4.70. The highest BCUT2D eigenvalue weighted by molar-refractivity contribution is 5.73. The molecular formula is C10H21NO2. The van der Waals surface area contributed by atoms with Gasteiger partial charge in [-0.15, -0.1) is 0 Å². The Morgan fingerprint density at radius 1 is 1.31 bits per heavy atom. The van der Waals surface area contributed by atoms with Crippen molar-refractivity contribution in [2.45, 2.75) is 46.6 Å². The average Bonchev–Trinajstić information content (AvgIpc) is 2.01. The molecule has 0 bridgehead atoms. The average molecular weight is 187 g/mol. The van der Waals surface area contributed by atoms with E-state index < -0.39 is 11.4 Å². The van der Waals surface area contributed by atoms with Crippen LogP contribution in [0.2, 0.25) is 0 Å². The van der Waals surface area contributed by atoms with Crippen molar-refractivity contribution in [3.05, 3.63) is 0 Å². The molecule has 0 rings (SSSR count). The zero-order chi connectivity index (χ0) is 10.7. The zero-order valence-electron chi connectivity index (χ0n) is 9.27. The molecule has 0 aromatic heterocycles. The van der Waals surface area contributed by atoms with Crippen molar-refractivity contribution in [2.24, 2.45) is 5.41 Å². The number of rotatable bonds is 5. The molecule has 3 heteroatoms. The predicted molar refractivity (Wildman–Crippen MR) is 53.8 cm³/mol. The molecule has 0 amide bonds. The lowest BCUT2D eigenvalue weighted by Gasteiger charge is -2.29. The maximum atomic E-state index is 10.8. The minimum Gasteiger partial charge on any atom is -0.481 e. The van der Waals surface area contributed by atoms with E-state index >= 15 is 0 Å². The number of carboxylic acid groups (broad SMARTS) is 1. The Balaban J connectivity index is 4.09. The highest BCUT2D eigenvalue weighted by atomic mass is 16.4. The van der Waals surface area contributed by atoms with E-state index in [0.717, 1.165) is 6.42 Å². The smallest absolute Gasteiger partial charge is 0.310 e. The van der Waals surface area contributed by atoms with Gasteiger partial charge < -0.3 is 10.4 Å². The first kappa shape index (κ1) is 12.4. The Hall–Kier alpha value is -0.570. The highest BCUT2D eigenvalue weighted by Gasteiger charge is 2.28. The van der Waals surface area contributed by atoms with Gasteiger partial charge in [-0.25, -0.2) is 0 Å². The van der Waals surface area contributed by atoms with E-state index in [2.05, 4.69) is 26.1 Å². The first-order valence-corrected chi connectivity index (χ1v) is 4.70. The van der Waals surface area contributed by atoms with Crippen molar-refractivity contribution < 1.29 is 9.90 Å². The van der Waals surface area contributed by atoms with Crippen molar-refractivity contribution in [2.75, 3.05) is 6.54 Å². The molecule has 78 valence electrons. The van der Waals surface area contributed by atoms with Crippen LogP contribution in [0.25, 0.3) is 0 Å². The van der Waals surface area contributed by atoms with Crippen molar-refractivity contribution in [3.63, 3.8) is 0 Å². The Labute approximate surface area is 80.5 Å². The normalized spacial score (nSPS) is 13.0. The molecule has 2 N–H and O–H groups in total. The molecule has 13 heavy (non-hydrogen) atoms. The number of nitrogens with one attached hydrogen (secondary N) is 1. The second kappa shape index (κ2) is 4.09. The van der Waals surface area contributed by atoms with Gasteiger partial charge >= 0.3 is 5.97 Å². The molecule has 0 atom stereocenters. The molecule has 0 unspecified atom stereocenters. The monoisotopic (exact) mass is 187 g/mol. The first-order chi connectivity index (χ1) is 5.71. The summed E-state index contributed by atoms with van der Waals surface area (Å²) in [5.74, 6) is -0.757. The quantitative estimate of drug-likeness (QED) is 0.691. The van der Waals surface area contributed by atoms with Gasteiger partial charge in [0, 0.05) is 12.1 Å². The van der Waals surface area contributed by atoms with Crippen LogP contribution in [0.1, 0.15) is 41.0 Å². The van der Waals surface area contributed by atoms with Crippen molar-refractivity contribution in [3.8, 4) is 0 Å². The molecular weight excluding hydrogens is 166 g/mol. The van der Waals surface area contributed by atoms with Crippen molar-refractivity contribution >= 4 is 5.97 Å². The fourth-order valence-corrected chi connectivity index (χ4v) is 0.661. The molecule has 0 heterocycles. The number of carbonyl (C=O) groups is 1. The lowest BCUT2D eigenvalue weighted by molar-refractivity contribution is -0.146. The summed E-state index contributed by atoms with van der Waals surface area (Å²) < 4.78 is 0. The molecule has 0 aromatic carbocycles. The van der Waals surface area contributed by atoms with E-state index in [-0.39, 0.29) is 5.54 Å². The van der Waals surface area contributed by atoms with Gasteiger partial charge in [0.15, 0.2) is 0 Å². The summed E-state index contributed by atoms with van der Waals surface area (Å²) in [5, 5.41) is 12.1. The molecule has 3 nitrogen and oxygen atoms in total. The highest BCUT2D eigenvalue weighted by Crippen LogP contribution is 2.16. The second-order valence-electron chi connectivity index (χ2n) is 4.78. The van der Waals surface area contributed by atoms with Crippen LogP contribution in [-0.4, -0.2) is 23.2 Å². The molecule has 0 saturated heterocycles. The van der Waals surface area contributed by atoms with E-state index in [0.29, 0.717) is 6.54 Å². The number of hydrogen-bond donors (Lipinski definition) is 2. The molecule has 0 saturated carbocycles. The maximum Gasteiger partial charge on any atom is 0.310 e. The van der Waals surface area contributed by atoms with Crippen LogP contribution in [0.3, 0.4) is 0 Å². The minimum absolute atomic E-state index is 0.0206. The topological polar surface area (TPSA) is 49.3 Å². The predicted octanol–water partition coefficient (Wildman–Crippen LogP) is 1.88. The Morgan fingerprint density at radius 3 is 2.08 bits per heavy atom. The maximum absolute atomic E-state index is 10.8. The van der Waals surface area contributed by atoms with Gasteiger partial charge in [-0.3, -0.25) is 4.79 Å². The SMILES string of the molecule is CCC(C)(C)NCC(C)(C)C(=O)O. The standard InChI is InChI=1S/C10H21NO2/c1-6-10(4,5)11-7-9(2,3)8(12)13/h11H,6-7H2,1-5H3,(H,12,13). The van der Waals surface area contributed by atoms with Gasteiger partial charge in [0.1, 0.15) is 0 Å². The van der Waals surface area contributed by atoms with Gasteiger partial charge in [-0.1, -0.05) is 6.92 Å². The van der Waals surface area contributed by atoms with Crippen LogP contribution in [0, 0.1) is 5.41 Å². The Kier molecular flexibility index (Phi) is 3.91. The van der Waals surface area contributed by atoms with Crippen LogP contribution in [-0.2, 0) is 4.79 Å². The fraction of sp³-hybridized carbons (Fsp3) is 0.900. The van der Waals surface area contributed by atoms with Gasteiger partial charge in [0.2, 0.25) is 0 Å². The fourth-order valence-electron chi connectivity index (χ4n) is 0.661. The van der Waals surface area contributed by atoms with E-state index in [1.165, 1.54) is 0 Å². The van der Waals surface area contributed by atoms with Crippen LogP contribution >= 0.6 is 0 Å². The van der Waals surface area contributed by atoms with Gasteiger partial charge in [0.25, 0.3) is 0 Å². The van der Waals surface area contributed by atoms with Crippen molar-refractivity contribution in [1.29, 1.82) is 0 Å². The molecule has 0 fully saturated rings. The van der Waals surface area contributed by atoms with E-state index in [9.17, 15) is 4.79 Å². The summed E-state index contributed by atoms with van der Waals surface area (Å²) in [4.78, 5) is 10.8. The summed E-state index contributed by atoms with van der Waals surface area (Å²) in [5.41, 5.74) is -0.668. The van der Waals surface area contributed by atoms with E-state index in [4.69, 9.17) is 5.11 Å². The number of aliphatic carboxylic acids is 1. The van der Waals surface area contributed by atoms with Gasteiger partial charge in [0.05, 0.1) is 5.41 Å². The van der Waals surface area contributed by atoms with Crippen molar-refractivity contribution in [1.82, 2.24) is 5.32 Å². The summed E-state index contributed by atoms with van der Waals surface area (Å²) >= 11 is 0. The summed E-state index contributed by atoms with van der Waals surface area (Å²) in [7, 11) is 0. The lowest BCUT2D eigenvalue weighted by Crippen LogP contribution is -2.46. The molecule has 0 aromatic rings. The van der Waals surface area contributed by atoms with Crippen LogP contribution in [0.15, 0.2) is 0 Å². The third kappa shape index (κ3) is 4.27. The number of hydrogen-bond acceptors (Lipinski definition) is 2.